The number of nitrogens with one attached hydrogen (secondary N) is 2. The van der Waals surface area contributed by atoms with E-state index in [1.165, 1.54) is 18.9 Å². The van der Waals surface area contributed by atoms with Gasteiger partial charge in [-0.3, -0.25) is 4.90 Å². The van der Waals surface area contributed by atoms with E-state index in [9.17, 15) is 9.18 Å². The zero-order valence-electron chi connectivity index (χ0n) is 16.3. The first kappa shape index (κ1) is 19.4. The van der Waals surface area contributed by atoms with Crippen molar-refractivity contribution in [2.24, 2.45) is 0 Å². The van der Waals surface area contributed by atoms with Crippen LogP contribution in [-0.2, 0) is 0 Å². The molecular formula is C20H28FN5O. The minimum absolute atomic E-state index is 0.310. The molecule has 0 spiro atoms. The van der Waals surface area contributed by atoms with Crippen molar-refractivity contribution in [3.05, 3.63) is 41.5 Å². The van der Waals surface area contributed by atoms with Crippen molar-refractivity contribution in [2.45, 2.75) is 46.1 Å². The average Bonchev–Trinajstić information content (AvgIpc) is 2.98. The minimum atomic E-state index is -0.427. The summed E-state index contributed by atoms with van der Waals surface area (Å²) in [7, 11) is 0. The van der Waals surface area contributed by atoms with Crippen LogP contribution in [0.1, 0.15) is 37.6 Å². The van der Waals surface area contributed by atoms with Gasteiger partial charge in [-0.25, -0.2) is 13.9 Å². The molecule has 0 bridgehead atoms. The normalized spacial score (nSPS) is 17.7. The molecule has 1 fully saturated rings. The van der Waals surface area contributed by atoms with Crippen LogP contribution in [0.2, 0.25) is 0 Å². The van der Waals surface area contributed by atoms with Gasteiger partial charge in [0.25, 0.3) is 0 Å². The Balaban J connectivity index is 1.60. The van der Waals surface area contributed by atoms with Crippen LogP contribution in [-0.4, -0.2) is 46.4 Å². The van der Waals surface area contributed by atoms with Gasteiger partial charge >= 0.3 is 6.03 Å². The summed E-state index contributed by atoms with van der Waals surface area (Å²) in [4.78, 5) is 14.6. The van der Waals surface area contributed by atoms with Crippen molar-refractivity contribution >= 4 is 11.7 Å². The molecule has 2 aromatic rings. The molecule has 2 amide bonds. The van der Waals surface area contributed by atoms with Crippen molar-refractivity contribution in [2.75, 3.05) is 25.0 Å². The van der Waals surface area contributed by atoms with E-state index in [2.05, 4.69) is 27.6 Å². The molecule has 1 aromatic heterocycles. The van der Waals surface area contributed by atoms with E-state index in [1.54, 1.807) is 16.8 Å². The number of likely N-dealkylation sites (N-methyl/N-ethyl adjacent to an activating group) is 1. The number of amides is 2. The van der Waals surface area contributed by atoms with E-state index in [-0.39, 0.29) is 6.03 Å². The molecule has 1 saturated heterocycles. The van der Waals surface area contributed by atoms with Crippen LogP contribution in [0.15, 0.2) is 24.3 Å². The number of rotatable bonds is 5. The van der Waals surface area contributed by atoms with E-state index in [1.807, 2.05) is 19.9 Å². The zero-order chi connectivity index (χ0) is 19.4. The summed E-state index contributed by atoms with van der Waals surface area (Å²) in [5.41, 5.74) is 2.48. The SMILES string of the molecule is CCN1CCCC[C@@H]1CNC(=O)Nc1ccc(-n2nc(C)cc2C)c(F)c1. The number of piperidine rings is 1. The highest BCUT2D eigenvalue weighted by Gasteiger charge is 2.21. The first-order valence-electron chi connectivity index (χ1n) is 9.60. The Morgan fingerprint density at radius 2 is 2.11 bits per heavy atom. The third-order valence-corrected chi connectivity index (χ3v) is 5.10. The lowest BCUT2D eigenvalue weighted by atomic mass is 10.0. The van der Waals surface area contributed by atoms with Crippen LogP contribution in [0.3, 0.4) is 0 Å². The summed E-state index contributed by atoms with van der Waals surface area (Å²) in [6, 6.07) is 6.60. The number of aromatic nitrogens is 2. The van der Waals surface area contributed by atoms with Gasteiger partial charge in [-0.1, -0.05) is 13.3 Å². The minimum Gasteiger partial charge on any atom is -0.336 e. The fourth-order valence-corrected chi connectivity index (χ4v) is 3.72. The Hall–Kier alpha value is -2.41. The molecule has 0 unspecified atom stereocenters. The standard InChI is InChI=1S/C20H28FN5O/c1-4-25-10-6-5-7-17(25)13-22-20(27)23-16-8-9-19(18(21)12-16)26-15(3)11-14(2)24-26/h8-9,11-12,17H,4-7,10,13H2,1-3H3,(H2,22,23,27)/t17-/m1/s1. The summed E-state index contributed by atoms with van der Waals surface area (Å²) >= 11 is 0. The molecule has 2 heterocycles. The van der Waals surface area contributed by atoms with Crippen molar-refractivity contribution in [3.63, 3.8) is 0 Å². The molecule has 1 aliphatic rings. The Morgan fingerprint density at radius 3 is 2.78 bits per heavy atom. The first-order chi connectivity index (χ1) is 13.0. The molecule has 146 valence electrons. The van der Waals surface area contributed by atoms with Gasteiger partial charge in [0.2, 0.25) is 0 Å². The maximum absolute atomic E-state index is 14.5. The van der Waals surface area contributed by atoms with Gasteiger partial charge in [0.05, 0.1) is 5.69 Å². The van der Waals surface area contributed by atoms with E-state index in [0.717, 1.165) is 30.9 Å². The lowest BCUT2D eigenvalue weighted by Gasteiger charge is -2.34. The molecule has 0 aliphatic carbocycles. The fraction of sp³-hybridized carbons (Fsp3) is 0.500. The predicted molar refractivity (Wildman–Crippen MR) is 105 cm³/mol. The van der Waals surface area contributed by atoms with Gasteiger partial charge in [0, 0.05) is 24.0 Å². The highest BCUT2D eigenvalue weighted by Crippen LogP contribution is 2.20. The number of carbonyl (C=O) groups is 1. The number of carbonyl (C=O) groups excluding carboxylic acids is 1. The number of urea groups is 1. The quantitative estimate of drug-likeness (QED) is 0.841. The van der Waals surface area contributed by atoms with Gasteiger partial charge in [-0.2, -0.15) is 5.10 Å². The van der Waals surface area contributed by atoms with Gasteiger partial charge in [-0.05, 0) is 64.0 Å². The van der Waals surface area contributed by atoms with Crippen LogP contribution >= 0.6 is 0 Å². The monoisotopic (exact) mass is 373 g/mol. The summed E-state index contributed by atoms with van der Waals surface area (Å²) < 4.78 is 16.1. The molecule has 2 N–H and O–H groups in total. The summed E-state index contributed by atoms with van der Waals surface area (Å²) in [5, 5.41) is 9.93. The molecule has 0 saturated carbocycles. The van der Waals surface area contributed by atoms with E-state index >= 15 is 0 Å². The molecule has 3 rings (SSSR count). The molecule has 7 heteroatoms. The van der Waals surface area contributed by atoms with Crippen molar-refractivity contribution in [3.8, 4) is 5.69 Å². The molecule has 1 aromatic carbocycles. The lowest BCUT2D eigenvalue weighted by molar-refractivity contribution is 0.154. The average molecular weight is 373 g/mol. The highest BCUT2D eigenvalue weighted by molar-refractivity contribution is 5.89. The number of hydrogen-bond donors (Lipinski definition) is 2. The number of anilines is 1. The zero-order valence-corrected chi connectivity index (χ0v) is 16.3. The van der Waals surface area contributed by atoms with E-state index in [4.69, 9.17) is 0 Å². The van der Waals surface area contributed by atoms with Crippen LogP contribution in [0, 0.1) is 19.7 Å². The first-order valence-corrected chi connectivity index (χ1v) is 9.60. The van der Waals surface area contributed by atoms with E-state index < -0.39 is 5.82 Å². The summed E-state index contributed by atoms with van der Waals surface area (Å²) in [6.07, 6.45) is 3.51. The van der Waals surface area contributed by atoms with Crippen molar-refractivity contribution in [1.82, 2.24) is 20.0 Å². The largest absolute Gasteiger partial charge is 0.336 e. The van der Waals surface area contributed by atoms with Crippen LogP contribution < -0.4 is 10.6 Å². The maximum atomic E-state index is 14.5. The van der Waals surface area contributed by atoms with Gasteiger partial charge in [0.15, 0.2) is 5.82 Å². The number of hydrogen-bond acceptors (Lipinski definition) is 3. The highest BCUT2D eigenvalue weighted by atomic mass is 19.1. The number of halogens is 1. The topological polar surface area (TPSA) is 62.2 Å². The van der Waals surface area contributed by atoms with Crippen LogP contribution in [0.4, 0.5) is 14.9 Å². The smallest absolute Gasteiger partial charge is 0.319 e. The van der Waals surface area contributed by atoms with Gasteiger partial charge in [0.1, 0.15) is 5.69 Å². The summed E-state index contributed by atoms with van der Waals surface area (Å²) in [5.74, 6) is -0.427. The Morgan fingerprint density at radius 1 is 1.30 bits per heavy atom. The molecule has 27 heavy (non-hydrogen) atoms. The van der Waals surface area contributed by atoms with Gasteiger partial charge < -0.3 is 10.6 Å². The fourth-order valence-electron chi connectivity index (χ4n) is 3.72. The lowest BCUT2D eigenvalue weighted by Crippen LogP contribution is -2.47. The van der Waals surface area contributed by atoms with Crippen molar-refractivity contribution < 1.29 is 9.18 Å². The third kappa shape index (κ3) is 4.66. The second kappa shape index (κ2) is 8.52. The second-order valence-corrected chi connectivity index (χ2v) is 7.12. The number of aryl methyl sites for hydroxylation is 2. The number of nitrogens with zero attached hydrogens (tertiary/aromatic N) is 3. The molecule has 6 nitrogen and oxygen atoms in total. The predicted octanol–water partition coefficient (Wildman–Crippen LogP) is 3.62. The van der Waals surface area contributed by atoms with E-state index in [0.29, 0.717) is 24.0 Å². The third-order valence-electron chi connectivity index (χ3n) is 5.10. The van der Waals surface area contributed by atoms with Gasteiger partial charge in [-0.15, -0.1) is 0 Å². The van der Waals surface area contributed by atoms with Crippen LogP contribution in [0.5, 0.6) is 0 Å². The Bertz CT molecular complexity index is 804. The Labute approximate surface area is 159 Å². The Kier molecular flexibility index (Phi) is 6.11. The molecule has 1 aliphatic heterocycles. The molecular weight excluding hydrogens is 345 g/mol. The maximum Gasteiger partial charge on any atom is 0.319 e. The number of likely N-dealkylation sites (tertiary alicyclic amines) is 1. The molecule has 0 radical (unpaired) electrons. The number of benzene rings is 1. The summed E-state index contributed by atoms with van der Waals surface area (Å²) in [6.45, 7) is 8.57. The second-order valence-electron chi connectivity index (χ2n) is 7.12. The van der Waals surface area contributed by atoms with Crippen LogP contribution in [0.25, 0.3) is 5.69 Å². The van der Waals surface area contributed by atoms with Crippen molar-refractivity contribution in [1.29, 1.82) is 0 Å². The molecule has 1 atom stereocenters.